The summed E-state index contributed by atoms with van der Waals surface area (Å²) >= 11 is 0. The van der Waals surface area contributed by atoms with E-state index in [0.717, 1.165) is 50.1 Å². The maximum atomic E-state index is 5.23. The highest BCUT2D eigenvalue weighted by Gasteiger charge is 2.33. The minimum atomic E-state index is 0.957. The van der Waals surface area contributed by atoms with Gasteiger partial charge in [0.1, 0.15) is 0 Å². The Hall–Kier alpha value is -0.0800. The first kappa shape index (κ1) is 9.17. The molecule has 2 heteroatoms. The summed E-state index contributed by atoms with van der Waals surface area (Å²) in [5, 5.41) is 0. The van der Waals surface area contributed by atoms with E-state index in [0.29, 0.717) is 0 Å². The summed E-state index contributed by atoms with van der Waals surface area (Å²) in [5.74, 6) is 3.83. The number of ether oxygens (including phenoxy) is 2. The van der Waals surface area contributed by atoms with Crippen molar-refractivity contribution in [2.45, 2.75) is 25.7 Å². The van der Waals surface area contributed by atoms with Crippen molar-refractivity contribution in [1.82, 2.24) is 0 Å². The van der Waals surface area contributed by atoms with E-state index >= 15 is 0 Å². The van der Waals surface area contributed by atoms with Crippen LogP contribution in [-0.2, 0) is 9.47 Å². The van der Waals surface area contributed by atoms with E-state index in [-0.39, 0.29) is 0 Å². The van der Waals surface area contributed by atoms with Crippen LogP contribution in [-0.4, -0.2) is 26.4 Å². The van der Waals surface area contributed by atoms with Gasteiger partial charge in [-0.3, -0.25) is 0 Å². The van der Waals surface area contributed by atoms with Crippen LogP contribution < -0.4 is 0 Å². The minimum absolute atomic E-state index is 0.957. The van der Waals surface area contributed by atoms with Gasteiger partial charge in [-0.15, -0.1) is 0 Å². The van der Waals surface area contributed by atoms with E-state index in [1.54, 1.807) is 0 Å². The normalized spacial score (nSPS) is 48.0. The maximum Gasteiger partial charge on any atom is 0.0494 e. The molecule has 80 valence electrons. The molecule has 0 aromatic rings. The van der Waals surface area contributed by atoms with Gasteiger partial charge in [-0.25, -0.2) is 0 Å². The lowest BCUT2D eigenvalue weighted by Gasteiger charge is -2.40. The fourth-order valence-electron chi connectivity index (χ4n) is 3.09. The molecule has 0 aromatic heterocycles. The van der Waals surface area contributed by atoms with Crippen LogP contribution >= 0.6 is 0 Å². The fraction of sp³-hybridized carbons (Fsp3) is 1.00. The molecule has 0 atom stereocenters. The van der Waals surface area contributed by atoms with Crippen LogP contribution in [0.1, 0.15) is 25.7 Å². The van der Waals surface area contributed by atoms with E-state index in [1.807, 2.05) is 0 Å². The molecule has 4 bridgehead atoms. The molecule has 2 nitrogen and oxygen atoms in total. The van der Waals surface area contributed by atoms with Crippen molar-refractivity contribution < 1.29 is 9.47 Å². The molecule has 14 heavy (non-hydrogen) atoms. The Labute approximate surface area is 86.0 Å². The molecule has 0 radical (unpaired) electrons. The summed E-state index contributed by atoms with van der Waals surface area (Å²) in [7, 11) is 0. The zero-order valence-corrected chi connectivity index (χ0v) is 8.78. The second-order valence-electron chi connectivity index (χ2n) is 5.48. The zero-order valence-electron chi connectivity index (χ0n) is 8.78. The Balaban J connectivity index is 0.0000000914. The van der Waals surface area contributed by atoms with Gasteiger partial charge in [0.25, 0.3) is 0 Å². The molecule has 0 N–H and O–H groups in total. The summed E-state index contributed by atoms with van der Waals surface area (Å²) in [6.07, 6.45) is 5.83. The quantitative estimate of drug-likeness (QED) is 0.590. The average Bonchev–Trinajstić information content (AvgIpc) is 2.19. The lowest BCUT2D eigenvalue weighted by Crippen LogP contribution is -2.37. The first-order valence-corrected chi connectivity index (χ1v) is 6.05. The zero-order chi connectivity index (χ0) is 9.38. The van der Waals surface area contributed by atoms with Crippen molar-refractivity contribution in [3.05, 3.63) is 0 Å². The first-order valence-electron chi connectivity index (χ1n) is 6.05. The van der Waals surface area contributed by atoms with Gasteiger partial charge in [-0.2, -0.15) is 0 Å². The second-order valence-corrected chi connectivity index (χ2v) is 5.48. The monoisotopic (exact) mass is 196 g/mol. The molecule has 4 heterocycles. The van der Waals surface area contributed by atoms with Crippen LogP contribution in [0.15, 0.2) is 0 Å². The van der Waals surface area contributed by atoms with Crippen molar-refractivity contribution in [2.75, 3.05) is 26.4 Å². The van der Waals surface area contributed by atoms with Crippen molar-refractivity contribution in [3.8, 4) is 0 Å². The summed E-state index contributed by atoms with van der Waals surface area (Å²) in [5.41, 5.74) is 0. The Morgan fingerprint density at radius 2 is 0.786 bits per heavy atom. The van der Waals surface area contributed by atoms with Crippen LogP contribution in [0.3, 0.4) is 0 Å². The van der Waals surface area contributed by atoms with E-state index < -0.39 is 0 Å². The second kappa shape index (κ2) is 3.82. The third-order valence-corrected chi connectivity index (χ3v) is 4.08. The number of hydrogen-bond donors (Lipinski definition) is 0. The Morgan fingerprint density at radius 3 is 0.857 bits per heavy atom. The van der Waals surface area contributed by atoms with Gasteiger partial charge in [-0.1, -0.05) is 0 Å². The molecule has 6 aliphatic rings. The van der Waals surface area contributed by atoms with E-state index in [1.165, 1.54) is 25.7 Å². The molecule has 6 rings (SSSR count). The SMILES string of the molecule is C1OCC2CC1C2.C1OCC2CC1C2. The van der Waals surface area contributed by atoms with Crippen molar-refractivity contribution >= 4 is 0 Å². The molecule has 6 fully saturated rings. The third kappa shape index (κ3) is 1.82. The lowest BCUT2D eigenvalue weighted by molar-refractivity contribution is -0.0603. The number of rotatable bonds is 0. The third-order valence-electron chi connectivity index (χ3n) is 4.08. The summed E-state index contributed by atoms with van der Waals surface area (Å²) in [6, 6.07) is 0. The molecular weight excluding hydrogens is 176 g/mol. The van der Waals surface area contributed by atoms with Gasteiger partial charge in [0.2, 0.25) is 0 Å². The molecule has 0 aromatic carbocycles. The van der Waals surface area contributed by atoms with Crippen LogP contribution in [0.2, 0.25) is 0 Å². The Kier molecular flexibility index (Phi) is 2.50. The molecule has 0 spiro atoms. The van der Waals surface area contributed by atoms with Gasteiger partial charge in [0, 0.05) is 26.4 Å². The molecular formula is C12H20O2. The van der Waals surface area contributed by atoms with E-state index in [2.05, 4.69) is 0 Å². The van der Waals surface area contributed by atoms with Gasteiger partial charge in [0.15, 0.2) is 0 Å². The van der Waals surface area contributed by atoms with Gasteiger partial charge in [-0.05, 0) is 49.4 Å². The predicted octanol–water partition coefficient (Wildman–Crippen LogP) is 2.09. The van der Waals surface area contributed by atoms with Crippen molar-refractivity contribution in [3.63, 3.8) is 0 Å². The molecule has 0 unspecified atom stereocenters. The largest absolute Gasteiger partial charge is 0.381 e. The van der Waals surface area contributed by atoms with Crippen LogP contribution in [0, 0.1) is 23.7 Å². The summed E-state index contributed by atoms with van der Waals surface area (Å²) in [6.45, 7) is 4.21. The van der Waals surface area contributed by atoms with Gasteiger partial charge < -0.3 is 9.47 Å². The Bertz CT molecular complexity index is 143. The van der Waals surface area contributed by atoms with Crippen LogP contribution in [0.25, 0.3) is 0 Å². The minimum Gasteiger partial charge on any atom is -0.381 e. The number of hydrogen-bond acceptors (Lipinski definition) is 2. The number of fused-ring (bicyclic) bond motifs is 4. The van der Waals surface area contributed by atoms with Gasteiger partial charge >= 0.3 is 0 Å². The first-order chi connectivity index (χ1) is 6.90. The topological polar surface area (TPSA) is 18.5 Å². The molecule has 2 saturated carbocycles. The van der Waals surface area contributed by atoms with Crippen LogP contribution in [0.4, 0.5) is 0 Å². The lowest BCUT2D eigenvalue weighted by atomic mass is 9.74. The predicted molar refractivity (Wildman–Crippen MR) is 54.1 cm³/mol. The van der Waals surface area contributed by atoms with Crippen LogP contribution in [0.5, 0.6) is 0 Å². The molecule has 0 amide bonds. The smallest absolute Gasteiger partial charge is 0.0494 e. The maximum absolute atomic E-state index is 5.23. The van der Waals surface area contributed by atoms with E-state index in [9.17, 15) is 0 Å². The fourth-order valence-corrected chi connectivity index (χ4v) is 3.09. The average molecular weight is 196 g/mol. The molecule has 4 aliphatic heterocycles. The molecule has 2 aliphatic carbocycles. The summed E-state index contributed by atoms with van der Waals surface area (Å²) < 4.78 is 10.5. The van der Waals surface area contributed by atoms with E-state index in [4.69, 9.17) is 9.47 Å². The van der Waals surface area contributed by atoms with Gasteiger partial charge in [0.05, 0.1) is 0 Å². The molecule has 4 saturated heterocycles. The standard InChI is InChI=1S/2C6H10O/c2*1-5-2-6(1)4-7-3-5/h2*5-6H,1-4H2. The Morgan fingerprint density at radius 1 is 0.500 bits per heavy atom. The highest BCUT2D eigenvalue weighted by molar-refractivity contribution is 4.83. The highest BCUT2D eigenvalue weighted by atomic mass is 16.5. The van der Waals surface area contributed by atoms with Crippen molar-refractivity contribution in [2.24, 2.45) is 23.7 Å². The highest BCUT2D eigenvalue weighted by Crippen LogP contribution is 2.38. The summed E-state index contributed by atoms with van der Waals surface area (Å²) in [4.78, 5) is 0. The van der Waals surface area contributed by atoms with Crippen molar-refractivity contribution in [1.29, 1.82) is 0 Å².